The summed E-state index contributed by atoms with van der Waals surface area (Å²) < 4.78 is 93.9. The number of hydrogen-bond donors (Lipinski definition) is 0. The minimum absolute atomic E-state index is 0.0811. The number of benzene rings is 1. The molecule has 2 aliphatic heterocycles. The number of hydrogen-bond acceptors (Lipinski definition) is 4. The molecule has 2 heterocycles. The molecule has 0 N–H and O–H groups in total. The number of rotatable bonds is 1. The number of likely N-dealkylation sites (N-methyl/N-ethyl adjacent to an activating group) is 1. The van der Waals surface area contributed by atoms with Crippen LogP contribution in [0.1, 0.15) is 44.0 Å². The van der Waals surface area contributed by atoms with Crippen LogP contribution in [0.3, 0.4) is 0 Å². The molecule has 1 spiro atoms. The van der Waals surface area contributed by atoms with E-state index in [4.69, 9.17) is 21.8 Å². The van der Waals surface area contributed by atoms with E-state index in [0.29, 0.717) is 0 Å². The second-order valence-electron chi connectivity index (χ2n) is 6.28. The lowest BCUT2D eigenvalue weighted by atomic mass is 9.52. The number of ether oxygens (including phenoxy) is 2. The normalized spacial score (nSPS) is 53.6. The lowest BCUT2D eigenvalue weighted by molar-refractivity contribution is -0.138. The lowest BCUT2D eigenvalue weighted by Gasteiger charge is -2.57. The molecule has 4 aliphatic rings. The Morgan fingerprint density at radius 1 is 1.64 bits per heavy atom. The van der Waals surface area contributed by atoms with Crippen molar-refractivity contribution in [3.8, 4) is 11.5 Å². The molecule has 1 saturated carbocycles. The van der Waals surface area contributed by atoms with Crippen molar-refractivity contribution in [2.45, 2.75) is 43.1 Å². The van der Waals surface area contributed by atoms with Crippen molar-refractivity contribution in [2.24, 2.45) is 5.92 Å². The Morgan fingerprint density at radius 2 is 2.55 bits per heavy atom. The van der Waals surface area contributed by atoms with Crippen LogP contribution in [0.2, 0.25) is 0 Å². The van der Waals surface area contributed by atoms with Crippen LogP contribution in [0.4, 0.5) is 0 Å². The van der Waals surface area contributed by atoms with Crippen molar-refractivity contribution in [2.75, 3.05) is 20.6 Å². The largest absolute Gasteiger partial charge is 0.493 e. The summed E-state index contributed by atoms with van der Waals surface area (Å²) in [7, 11) is -1.45. The van der Waals surface area contributed by atoms with Gasteiger partial charge in [-0.1, -0.05) is 6.04 Å². The number of carbonyl (C=O) groups is 1. The molecule has 4 atom stereocenters. The van der Waals surface area contributed by atoms with Crippen LogP contribution in [0.5, 0.6) is 11.5 Å². The van der Waals surface area contributed by atoms with E-state index in [2.05, 4.69) is 0 Å². The van der Waals surface area contributed by atoms with Crippen LogP contribution in [0.25, 0.3) is 0 Å². The Kier molecular flexibility index (Phi) is 1.20. The summed E-state index contributed by atoms with van der Waals surface area (Å²) in [5.41, 5.74) is -1.52. The van der Waals surface area contributed by atoms with Gasteiger partial charge in [0.05, 0.1) is 13.9 Å². The first-order valence-electron chi connectivity index (χ1n) is 12.3. The molecule has 22 heavy (non-hydrogen) atoms. The molecule has 2 aliphatic carbocycles. The van der Waals surface area contributed by atoms with E-state index < -0.39 is 73.3 Å². The third-order valence-corrected chi connectivity index (χ3v) is 5.45. The summed E-state index contributed by atoms with van der Waals surface area (Å²) in [6.07, 6.45) is -6.55. The monoisotopic (exact) mass is 309 g/mol. The van der Waals surface area contributed by atoms with Gasteiger partial charge in [0.1, 0.15) is 0 Å². The van der Waals surface area contributed by atoms with E-state index in [1.54, 1.807) is 7.05 Å². The molecule has 2 fully saturated rings. The highest BCUT2D eigenvalue weighted by Gasteiger charge is 2.65. The van der Waals surface area contributed by atoms with Crippen LogP contribution in [0, 0.1) is 5.92 Å². The van der Waals surface area contributed by atoms with Crippen LogP contribution in [0.15, 0.2) is 12.1 Å². The van der Waals surface area contributed by atoms with Gasteiger partial charge in [-0.05, 0) is 50.3 Å². The summed E-state index contributed by atoms with van der Waals surface area (Å²) in [5.74, 6) is -2.78. The molecule has 0 aromatic heterocycles. The van der Waals surface area contributed by atoms with Crippen LogP contribution in [-0.2, 0) is 16.6 Å². The highest BCUT2D eigenvalue weighted by molar-refractivity contribution is 5.89. The number of methoxy groups -OCH3 is 1. The minimum atomic E-state index is -3.00. The van der Waals surface area contributed by atoms with Gasteiger partial charge in [-0.3, -0.25) is 4.79 Å². The van der Waals surface area contributed by atoms with Crippen molar-refractivity contribution in [1.29, 1.82) is 0 Å². The summed E-state index contributed by atoms with van der Waals surface area (Å²) in [6.45, 7) is 0.208. The van der Waals surface area contributed by atoms with Gasteiger partial charge >= 0.3 is 0 Å². The van der Waals surface area contributed by atoms with Gasteiger partial charge in [0.25, 0.3) is 0 Å². The second kappa shape index (κ2) is 4.05. The first-order chi connectivity index (χ1) is 14.5. The zero-order valence-electron chi connectivity index (χ0n) is 21.9. The van der Waals surface area contributed by atoms with Crippen LogP contribution >= 0.6 is 0 Å². The Hall–Kier alpha value is -1.55. The van der Waals surface area contributed by atoms with E-state index in [1.165, 1.54) is 4.90 Å². The van der Waals surface area contributed by atoms with Gasteiger partial charge in [0, 0.05) is 30.2 Å². The number of carbonyl (C=O) groups excluding carboxylic acids is 1. The number of likely N-dealkylation sites (tertiary alicyclic amines) is 1. The van der Waals surface area contributed by atoms with Crippen LogP contribution < -0.4 is 9.47 Å². The number of nitrogens with zero attached hydrogens (tertiary/aromatic N) is 1. The number of Topliss-reactive ketones (excluding diaryl/α,β-unsaturated/α-hetero) is 1. The summed E-state index contributed by atoms with van der Waals surface area (Å²) in [4.78, 5) is 14.6. The molecule has 4 heteroatoms. The molecule has 4 nitrogen and oxygen atoms in total. The molecule has 0 amide bonds. The maximum atomic E-state index is 13.2. The van der Waals surface area contributed by atoms with Crippen molar-refractivity contribution in [3.05, 3.63) is 23.2 Å². The zero-order chi connectivity index (χ0) is 23.8. The maximum Gasteiger partial charge on any atom is 0.174 e. The Bertz CT molecular complexity index is 1070. The van der Waals surface area contributed by atoms with E-state index in [9.17, 15) is 6.17 Å². The second-order valence-corrected chi connectivity index (χ2v) is 6.28. The first kappa shape index (κ1) is 6.52. The summed E-state index contributed by atoms with van der Waals surface area (Å²) in [5, 5.41) is 0. The standard InChI is InChI=1S/C18H21NO3/c1-19-8-7-18-11-4-5-13(20)17(18)22-16-14(21-2)6-3-10(15(16)18)9-12(11)19/h3,6,11-12,17H,4-5,7-9H2,1-2H3/t11-,12+,17?,18-/m0/s1/i2D3,3D,5D2,6D,9D2,12D. The third kappa shape index (κ3) is 1.27. The average Bonchev–Trinajstić information content (AvgIpc) is 2.98. The van der Waals surface area contributed by atoms with E-state index in [1.807, 2.05) is 0 Å². The van der Waals surface area contributed by atoms with Gasteiger partial charge in [-0.25, -0.2) is 0 Å². The average molecular weight is 309 g/mol. The quantitative estimate of drug-likeness (QED) is 0.795. The fourth-order valence-electron chi connectivity index (χ4n) is 4.48. The smallest absolute Gasteiger partial charge is 0.174 e. The third-order valence-electron chi connectivity index (χ3n) is 5.45. The molecule has 1 aromatic carbocycles. The summed E-state index contributed by atoms with van der Waals surface area (Å²) >= 11 is 0. The van der Waals surface area contributed by atoms with Crippen molar-refractivity contribution in [3.63, 3.8) is 0 Å². The fraction of sp³-hybridized carbons (Fsp3) is 0.611. The van der Waals surface area contributed by atoms with Gasteiger partial charge in [0.15, 0.2) is 23.4 Å². The van der Waals surface area contributed by atoms with E-state index >= 15 is 0 Å². The highest BCUT2D eigenvalue weighted by Crippen LogP contribution is 2.62. The van der Waals surface area contributed by atoms with Crippen molar-refractivity contribution < 1.29 is 28.0 Å². The van der Waals surface area contributed by atoms with Gasteiger partial charge in [-0.2, -0.15) is 0 Å². The molecular weight excluding hydrogens is 278 g/mol. The SMILES string of the molecule is [2H]c1c([2H])c2c3c(c1OC([2H])([2H])[2H])OC1C(=O)C([2H])([2H])C[C@@H]4[C@@]31CCN(C)[C@]4([2H])C2([2H])[2H]. The fourth-order valence-corrected chi connectivity index (χ4v) is 4.48. The van der Waals surface area contributed by atoms with Gasteiger partial charge in [0.2, 0.25) is 0 Å². The molecule has 2 bridgehead atoms. The Labute approximate surface area is 144 Å². The van der Waals surface area contributed by atoms with Gasteiger partial charge < -0.3 is 14.4 Å². The molecule has 5 rings (SSSR count). The lowest BCUT2D eigenvalue weighted by Crippen LogP contribution is -2.65. The van der Waals surface area contributed by atoms with Crippen molar-refractivity contribution in [1.82, 2.24) is 4.90 Å². The van der Waals surface area contributed by atoms with E-state index in [-0.39, 0.29) is 29.8 Å². The maximum absolute atomic E-state index is 13.2. The molecule has 0 radical (unpaired) electrons. The highest BCUT2D eigenvalue weighted by atomic mass is 16.5. The molecule has 1 unspecified atom stereocenters. The molecule has 116 valence electrons. The Balaban J connectivity index is 1.93. The van der Waals surface area contributed by atoms with E-state index in [0.717, 1.165) is 0 Å². The van der Waals surface area contributed by atoms with Crippen LogP contribution in [-0.4, -0.2) is 43.4 Å². The molecule has 1 saturated heterocycles. The topological polar surface area (TPSA) is 38.8 Å². The molecule has 1 aromatic rings. The van der Waals surface area contributed by atoms with Crippen molar-refractivity contribution >= 4 is 5.78 Å². The summed E-state index contributed by atoms with van der Waals surface area (Å²) in [6, 6.07) is -3.38. The Morgan fingerprint density at radius 3 is 3.41 bits per heavy atom. The number of piperidine rings is 1. The minimum Gasteiger partial charge on any atom is -0.493 e. The predicted molar refractivity (Wildman–Crippen MR) is 81.6 cm³/mol. The van der Waals surface area contributed by atoms with Gasteiger partial charge in [-0.15, -0.1) is 0 Å². The molecular formula is C18H21NO3. The first-order valence-corrected chi connectivity index (χ1v) is 7.31. The zero-order valence-corrected chi connectivity index (χ0v) is 11.9. The predicted octanol–water partition coefficient (Wildman–Crippen LogP) is 1.93. The number of ketones is 1.